The van der Waals surface area contributed by atoms with Crippen LogP contribution in [0, 0.1) is 0 Å². The second kappa shape index (κ2) is 5.12. The van der Waals surface area contributed by atoms with Crippen LogP contribution in [0.15, 0.2) is 9.17 Å². The molecule has 20 heavy (non-hydrogen) atoms. The summed E-state index contributed by atoms with van der Waals surface area (Å²) in [4.78, 5) is 9.50. The van der Waals surface area contributed by atoms with Gasteiger partial charge in [-0.25, -0.2) is 9.97 Å². The molecule has 0 saturated carbocycles. The number of fused-ring (bicyclic) bond motifs is 1. The summed E-state index contributed by atoms with van der Waals surface area (Å²) < 4.78 is 45.3. The Morgan fingerprint density at radius 3 is 2.60 bits per heavy atom. The van der Waals surface area contributed by atoms with Gasteiger partial charge in [-0.15, -0.1) is 11.3 Å². The topological polar surface area (TPSA) is 38.2 Å². The number of hydrogen-bond donors (Lipinski definition) is 0. The molecule has 1 saturated heterocycles. The molecule has 0 unspecified atom stereocenters. The number of nitrogens with zero attached hydrogens (tertiary/aromatic N) is 3. The van der Waals surface area contributed by atoms with E-state index in [1.165, 1.54) is 11.3 Å². The fourth-order valence-corrected chi connectivity index (χ4v) is 3.23. The molecule has 3 rings (SSSR count). The van der Waals surface area contributed by atoms with Crippen molar-refractivity contribution in [3.8, 4) is 0 Å². The minimum Gasteiger partial charge on any atom is -0.378 e. The Balaban J connectivity index is 2.17. The van der Waals surface area contributed by atoms with Gasteiger partial charge in [0.2, 0.25) is 0 Å². The monoisotopic (exact) mass is 367 g/mol. The van der Waals surface area contributed by atoms with Crippen LogP contribution in [0.4, 0.5) is 19.0 Å². The highest BCUT2D eigenvalue weighted by atomic mass is 79.9. The van der Waals surface area contributed by atoms with Crippen molar-refractivity contribution in [1.82, 2.24) is 9.97 Å². The van der Waals surface area contributed by atoms with Crippen LogP contribution in [0.3, 0.4) is 0 Å². The van der Waals surface area contributed by atoms with E-state index in [1.807, 2.05) is 0 Å². The molecular formula is C11H9BrF3N3OS. The third-order valence-electron chi connectivity index (χ3n) is 2.94. The lowest BCUT2D eigenvalue weighted by molar-refractivity contribution is -0.140. The first-order chi connectivity index (χ1) is 9.47. The van der Waals surface area contributed by atoms with Crippen LogP contribution in [0.2, 0.25) is 0 Å². The molecule has 0 N–H and O–H groups in total. The maximum absolute atomic E-state index is 13.2. The van der Waals surface area contributed by atoms with Crippen LogP contribution >= 0.6 is 27.3 Å². The second-order valence-corrected chi connectivity index (χ2v) is 6.43. The summed E-state index contributed by atoms with van der Waals surface area (Å²) in [6, 6.07) is 0. The van der Waals surface area contributed by atoms with Crippen molar-refractivity contribution in [1.29, 1.82) is 0 Å². The van der Waals surface area contributed by atoms with E-state index in [0.29, 0.717) is 35.6 Å². The Bertz CT molecular complexity index is 640. The van der Waals surface area contributed by atoms with Crippen LogP contribution in [-0.4, -0.2) is 36.3 Å². The lowest BCUT2D eigenvalue weighted by Crippen LogP contribution is -2.38. The normalized spacial score (nSPS) is 16.9. The molecule has 1 aliphatic heterocycles. The number of thiophene rings is 1. The van der Waals surface area contributed by atoms with Crippen LogP contribution in [0.5, 0.6) is 0 Å². The molecule has 0 amide bonds. The van der Waals surface area contributed by atoms with Gasteiger partial charge >= 0.3 is 6.18 Å². The molecule has 9 heteroatoms. The van der Waals surface area contributed by atoms with Crippen molar-refractivity contribution in [2.45, 2.75) is 6.18 Å². The molecule has 4 nitrogen and oxygen atoms in total. The molecule has 108 valence electrons. The second-order valence-electron chi connectivity index (χ2n) is 4.24. The Labute approximate surface area is 124 Å². The van der Waals surface area contributed by atoms with Crippen molar-refractivity contribution in [3.63, 3.8) is 0 Å². The first-order valence-corrected chi connectivity index (χ1v) is 7.48. The Hall–Kier alpha value is -0.930. The highest BCUT2D eigenvalue weighted by Crippen LogP contribution is 2.38. The Morgan fingerprint density at radius 1 is 1.25 bits per heavy atom. The summed E-state index contributed by atoms with van der Waals surface area (Å²) >= 11 is 4.48. The van der Waals surface area contributed by atoms with Crippen LogP contribution in [-0.2, 0) is 10.9 Å². The molecule has 0 aromatic carbocycles. The molecule has 3 heterocycles. The average molecular weight is 368 g/mol. The third kappa shape index (κ3) is 2.49. The van der Waals surface area contributed by atoms with Crippen molar-refractivity contribution < 1.29 is 17.9 Å². The molecule has 2 aromatic heterocycles. The standard InChI is InChI=1S/C11H9BrF3N3OS/c12-9-7-6(5-20-9)16-10(8(17-7)11(13,14)15)18-1-3-19-4-2-18/h5H,1-4H2. The molecule has 0 radical (unpaired) electrons. The van der Waals surface area contributed by atoms with E-state index >= 15 is 0 Å². The number of ether oxygens (including phenoxy) is 1. The maximum atomic E-state index is 13.2. The van der Waals surface area contributed by atoms with Gasteiger partial charge in [-0.2, -0.15) is 13.2 Å². The number of hydrogen-bond acceptors (Lipinski definition) is 5. The zero-order valence-corrected chi connectivity index (χ0v) is 12.5. The van der Waals surface area contributed by atoms with Crippen molar-refractivity contribution in [2.75, 3.05) is 31.2 Å². The summed E-state index contributed by atoms with van der Waals surface area (Å²) in [5.41, 5.74) is -0.221. The number of alkyl halides is 3. The van der Waals surface area contributed by atoms with Gasteiger partial charge in [0.15, 0.2) is 11.5 Å². The number of halogens is 4. The van der Waals surface area contributed by atoms with Crippen molar-refractivity contribution >= 4 is 44.1 Å². The summed E-state index contributed by atoms with van der Waals surface area (Å²) in [6.45, 7) is 1.55. The molecule has 0 spiro atoms. The first kappa shape index (κ1) is 14.0. The molecular weight excluding hydrogens is 359 g/mol. The molecule has 0 atom stereocenters. The largest absolute Gasteiger partial charge is 0.437 e. The van der Waals surface area contributed by atoms with Gasteiger partial charge in [0, 0.05) is 18.5 Å². The lowest BCUT2D eigenvalue weighted by Gasteiger charge is -2.29. The highest BCUT2D eigenvalue weighted by Gasteiger charge is 2.39. The maximum Gasteiger partial charge on any atom is 0.437 e. The van der Waals surface area contributed by atoms with Gasteiger partial charge in [-0.1, -0.05) is 0 Å². The Kier molecular flexibility index (Phi) is 3.59. The van der Waals surface area contributed by atoms with Gasteiger partial charge in [-0.05, 0) is 15.9 Å². The van der Waals surface area contributed by atoms with Gasteiger partial charge in [0.1, 0.15) is 11.0 Å². The third-order valence-corrected chi connectivity index (χ3v) is 4.62. The van der Waals surface area contributed by atoms with E-state index in [4.69, 9.17) is 4.74 Å². The zero-order valence-electron chi connectivity index (χ0n) is 10.1. The van der Waals surface area contributed by atoms with E-state index < -0.39 is 11.9 Å². The van der Waals surface area contributed by atoms with Crippen LogP contribution in [0.1, 0.15) is 5.69 Å². The highest BCUT2D eigenvalue weighted by molar-refractivity contribution is 9.11. The van der Waals surface area contributed by atoms with Gasteiger partial charge in [0.05, 0.1) is 17.0 Å². The quantitative estimate of drug-likeness (QED) is 0.774. The predicted molar refractivity (Wildman–Crippen MR) is 73.1 cm³/mol. The number of aromatic nitrogens is 2. The molecule has 2 aromatic rings. The minimum atomic E-state index is -4.53. The molecule has 1 fully saturated rings. The fourth-order valence-electron chi connectivity index (χ4n) is 2.02. The smallest absolute Gasteiger partial charge is 0.378 e. The SMILES string of the molecule is FC(F)(F)c1nc2c(Br)scc2nc1N1CCOCC1. The van der Waals surface area contributed by atoms with Gasteiger partial charge in [-0.3, -0.25) is 0 Å². The number of rotatable bonds is 1. The van der Waals surface area contributed by atoms with E-state index in [2.05, 4.69) is 25.9 Å². The lowest BCUT2D eigenvalue weighted by atomic mass is 10.3. The van der Waals surface area contributed by atoms with Crippen molar-refractivity contribution in [3.05, 3.63) is 14.9 Å². The summed E-state index contributed by atoms with van der Waals surface area (Å²) in [6.07, 6.45) is -4.53. The minimum absolute atomic E-state index is 0.112. The summed E-state index contributed by atoms with van der Waals surface area (Å²) in [5, 5.41) is 1.69. The van der Waals surface area contributed by atoms with E-state index in [9.17, 15) is 13.2 Å². The average Bonchev–Trinajstić information content (AvgIpc) is 2.79. The van der Waals surface area contributed by atoms with Crippen LogP contribution in [0.25, 0.3) is 11.0 Å². The number of morpholine rings is 1. The summed E-state index contributed by atoms with van der Waals surface area (Å²) in [7, 11) is 0. The van der Waals surface area contributed by atoms with Crippen LogP contribution < -0.4 is 4.90 Å². The van der Waals surface area contributed by atoms with Gasteiger partial charge in [0.25, 0.3) is 0 Å². The van der Waals surface area contributed by atoms with E-state index in [-0.39, 0.29) is 11.3 Å². The predicted octanol–water partition coefficient (Wildman–Crippen LogP) is 3.31. The molecule has 1 aliphatic rings. The molecule has 0 aliphatic carbocycles. The number of anilines is 1. The summed E-state index contributed by atoms with van der Waals surface area (Å²) in [5.74, 6) is -0.112. The van der Waals surface area contributed by atoms with Crippen molar-refractivity contribution in [2.24, 2.45) is 0 Å². The Morgan fingerprint density at radius 2 is 1.95 bits per heavy atom. The van der Waals surface area contributed by atoms with E-state index in [1.54, 1.807) is 10.3 Å². The van der Waals surface area contributed by atoms with E-state index in [0.717, 1.165) is 0 Å². The van der Waals surface area contributed by atoms with Gasteiger partial charge < -0.3 is 9.64 Å². The zero-order chi connectivity index (χ0) is 14.3. The first-order valence-electron chi connectivity index (χ1n) is 5.81. The fraction of sp³-hybridized carbons (Fsp3) is 0.455. The molecule has 0 bridgehead atoms.